The Morgan fingerprint density at radius 3 is 2.85 bits per heavy atom. The zero-order valence-corrected chi connectivity index (χ0v) is 14.7. The number of nitrogens with one attached hydrogen (secondary N) is 2. The monoisotopic (exact) mass is 360 g/mol. The van der Waals surface area contributed by atoms with Crippen LogP contribution in [0.1, 0.15) is 21.7 Å². The first kappa shape index (κ1) is 17.1. The summed E-state index contributed by atoms with van der Waals surface area (Å²) in [6.45, 7) is 1.47. The highest BCUT2D eigenvalue weighted by molar-refractivity contribution is 5.89. The molecule has 2 aromatic heterocycles. The first-order chi connectivity index (χ1) is 13.2. The number of hydrogen-bond donors (Lipinski definition) is 3. The maximum Gasteiger partial charge on any atom is 0.335 e. The number of furan rings is 1. The predicted octanol–water partition coefficient (Wildman–Crippen LogP) is 4.46. The van der Waals surface area contributed by atoms with Crippen LogP contribution >= 0.6 is 0 Å². The minimum absolute atomic E-state index is 0.252. The molecule has 0 amide bonds. The van der Waals surface area contributed by atoms with Crippen molar-refractivity contribution in [3.63, 3.8) is 0 Å². The Balaban J connectivity index is 1.35. The van der Waals surface area contributed by atoms with Crippen molar-refractivity contribution in [3.05, 3.63) is 83.7 Å². The van der Waals surface area contributed by atoms with Crippen LogP contribution in [0.3, 0.4) is 0 Å². The van der Waals surface area contributed by atoms with Gasteiger partial charge in [0.25, 0.3) is 0 Å². The molecule has 0 bridgehead atoms. The van der Waals surface area contributed by atoms with Crippen LogP contribution in [-0.4, -0.2) is 22.6 Å². The number of hydrogen-bond acceptors (Lipinski definition) is 3. The molecule has 27 heavy (non-hydrogen) atoms. The third-order valence-corrected chi connectivity index (χ3v) is 4.60. The van der Waals surface area contributed by atoms with Crippen molar-refractivity contribution in [3.8, 4) is 11.3 Å². The minimum atomic E-state index is -0.942. The SMILES string of the molecule is O=C(O)c1cccc(-c2ccc(CNCCc3c[nH]c4ccccc34)o2)c1. The van der Waals surface area contributed by atoms with Gasteiger partial charge in [0.1, 0.15) is 11.5 Å². The number of carboxylic acid groups (broad SMARTS) is 1. The molecule has 3 N–H and O–H groups in total. The van der Waals surface area contributed by atoms with Crippen molar-refractivity contribution in [1.29, 1.82) is 0 Å². The highest BCUT2D eigenvalue weighted by Gasteiger charge is 2.09. The molecule has 4 aromatic rings. The number of para-hydroxylation sites is 1. The van der Waals surface area contributed by atoms with Crippen LogP contribution in [0.5, 0.6) is 0 Å². The molecule has 0 fully saturated rings. The molecule has 0 saturated heterocycles. The molecule has 0 aliphatic heterocycles. The molecular weight excluding hydrogens is 340 g/mol. The van der Waals surface area contributed by atoms with E-state index in [2.05, 4.69) is 34.7 Å². The van der Waals surface area contributed by atoms with Crippen LogP contribution < -0.4 is 5.32 Å². The molecule has 5 heteroatoms. The number of H-pyrrole nitrogens is 1. The van der Waals surface area contributed by atoms with Gasteiger partial charge in [0.05, 0.1) is 12.1 Å². The summed E-state index contributed by atoms with van der Waals surface area (Å²) >= 11 is 0. The van der Waals surface area contributed by atoms with E-state index in [4.69, 9.17) is 9.52 Å². The third kappa shape index (κ3) is 3.78. The van der Waals surface area contributed by atoms with Crippen LogP contribution in [0.4, 0.5) is 0 Å². The van der Waals surface area contributed by atoms with E-state index in [-0.39, 0.29) is 5.56 Å². The maximum atomic E-state index is 11.1. The second-order valence-electron chi connectivity index (χ2n) is 6.44. The smallest absolute Gasteiger partial charge is 0.335 e. The Morgan fingerprint density at radius 1 is 1.07 bits per heavy atom. The van der Waals surface area contributed by atoms with Crippen LogP contribution in [0, 0.1) is 0 Å². The molecule has 0 aliphatic carbocycles. The lowest BCUT2D eigenvalue weighted by molar-refractivity contribution is 0.0697. The molecule has 136 valence electrons. The molecule has 0 spiro atoms. The van der Waals surface area contributed by atoms with Crippen LogP contribution in [0.25, 0.3) is 22.2 Å². The van der Waals surface area contributed by atoms with Gasteiger partial charge in [-0.25, -0.2) is 4.79 Å². The number of carboxylic acids is 1. The highest BCUT2D eigenvalue weighted by atomic mass is 16.4. The van der Waals surface area contributed by atoms with Gasteiger partial charge in [-0.15, -0.1) is 0 Å². The molecule has 2 aromatic carbocycles. The zero-order valence-electron chi connectivity index (χ0n) is 14.7. The summed E-state index contributed by atoms with van der Waals surface area (Å²) in [5.74, 6) is 0.554. The van der Waals surface area contributed by atoms with Gasteiger partial charge in [0, 0.05) is 22.7 Å². The number of rotatable bonds is 7. The van der Waals surface area contributed by atoms with Gasteiger partial charge in [0.15, 0.2) is 0 Å². The quantitative estimate of drug-likeness (QED) is 0.425. The van der Waals surface area contributed by atoms with E-state index in [1.807, 2.05) is 24.3 Å². The number of fused-ring (bicyclic) bond motifs is 1. The Hall–Kier alpha value is -3.31. The summed E-state index contributed by atoms with van der Waals surface area (Å²) in [6.07, 6.45) is 2.99. The highest BCUT2D eigenvalue weighted by Crippen LogP contribution is 2.23. The standard InChI is InChI=1S/C22H20N2O3/c25-22(26)16-5-3-4-15(12-16)21-9-8-18(27-21)14-23-11-10-17-13-24-20-7-2-1-6-19(17)20/h1-9,12-13,23-24H,10-11,14H2,(H,25,26). The summed E-state index contributed by atoms with van der Waals surface area (Å²) in [4.78, 5) is 14.4. The largest absolute Gasteiger partial charge is 0.478 e. The Bertz CT molecular complexity index is 1080. The molecule has 0 atom stereocenters. The van der Waals surface area contributed by atoms with Gasteiger partial charge in [-0.1, -0.05) is 30.3 Å². The molecule has 2 heterocycles. The Kier molecular flexibility index (Phi) is 4.77. The lowest BCUT2D eigenvalue weighted by Crippen LogP contribution is -2.16. The van der Waals surface area contributed by atoms with Crippen molar-refractivity contribution in [2.75, 3.05) is 6.54 Å². The fourth-order valence-corrected chi connectivity index (χ4v) is 3.21. The predicted molar refractivity (Wildman–Crippen MR) is 105 cm³/mol. The second kappa shape index (κ2) is 7.51. The average molecular weight is 360 g/mol. The van der Waals surface area contributed by atoms with Crippen molar-refractivity contribution < 1.29 is 14.3 Å². The topological polar surface area (TPSA) is 78.3 Å². The summed E-state index contributed by atoms with van der Waals surface area (Å²) in [5, 5.41) is 13.8. The normalized spacial score (nSPS) is 11.1. The van der Waals surface area contributed by atoms with E-state index in [1.54, 1.807) is 18.2 Å². The van der Waals surface area contributed by atoms with E-state index in [0.29, 0.717) is 12.3 Å². The zero-order chi connectivity index (χ0) is 18.6. The number of aromatic carboxylic acids is 1. The molecule has 0 saturated carbocycles. The lowest BCUT2D eigenvalue weighted by Gasteiger charge is -2.03. The number of benzene rings is 2. The first-order valence-electron chi connectivity index (χ1n) is 8.89. The first-order valence-corrected chi connectivity index (χ1v) is 8.89. The van der Waals surface area contributed by atoms with Gasteiger partial charge in [-0.2, -0.15) is 0 Å². The number of aromatic amines is 1. The van der Waals surface area contributed by atoms with E-state index in [1.165, 1.54) is 10.9 Å². The minimum Gasteiger partial charge on any atom is -0.478 e. The number of aromatic nitrogens is 1. The van der Waals surface area contributed by atoms with Crippen molar-refractivity contribution in [2.45, 2.75) is 13.0 Å². The molecular formula is C22H20N2O3. The fraction of sp³-hybridized carbons (Fsp3) is 0.136. The molecule has 0 aliphatic rings. The maximum absolute atomic E-state index is 11.1. The van der Waals surface area contributed by atoms with Crippen LogP contribution in [0.15, 0.2) is 71.3 Å². The number of carbonyl (C=O) groups is 1. The lowest BCUT2D eigenvalue weighted by atomic mass is 10.1. The van der Waals surface area contributed by atoms with Gasteiger partial charge in [-0.3, -0.25) is 0 Å². The van der Waals surface area contributed by atoms with Crippen molar-refractivity contribution >= 4 is 16.9 Å². The summed E-state index contributed by atoms with van der Waals surface area (Å²) in [7, 11) is 0. The van der Waals surface area contributed by atoms with Crippen molar-refractivity contribution in [2.24, 2.45) is 0 Å². The Morgan fingerprint density at radius 2 is 1.96 bits per heavy atom. The van der Waals surface area contributed by atoms with Gasteiger partial charge < -0.3 is 19.8 Å². The summed E-state index contributed by atoms with van der Waals surface area (Å²) < 4.78 is 5.85. The van der Waals surface area contributed by atoms with E-state index in [9.17, 15) is 4.79 Å². The summed E-state index contributed by atoms with van der Waals surface area (Å²) in [5.41, 5.74) is 3.47. The molecule has 0 unspecified atom stereocenters. The molecule has 0 radical (unpaired) electrons. The molecule has 5 nitrogen and oxygen atoms in total. The summed E-state index contributed by atoms with van der Waals surface area (Å²) in [6, 6.07) is 18.8. The van der Waals surface area contributed by atoms with Gasteiger partial charge in [0.2, 0.25) is 0 Å². The fourth-order valence-electron chi connectivity index (χ4n) is 3.21. The van der Waals surface area contributed by atoms with E-state index >= 15 is 0 Å². The Labute approximate surface area is 156 Å². The average Bonchev–Trinajstić information content (AvgIpc) is 3.33. The van der Waals surface area contributed by atoms with Gasteiger partial charge >= 0.3 is 5.97 Å². The van der Waals surface area contributed by atoms with Crippen molar-refractivity contribution in [1.82, 2.24) is 10.3 Å². The van der Waals surface area contributed by atoms with E-state index < -0.39 is 5.97 Å². The van der Waals surface area contributed by atoms with Gasteiger partial charge in [-0.05, 0) is 48.9 Å². The van der Waals surface area contributed by atoms with Crippen LogP contribution in [0.2, 0.25) is 0 Å². The third-order valence-electron chi connectivity index (χ3n) is 4.60. The second-order valence-corrected chi connectivity index (χ2v) is 6.44. The molecule has 4 rings (SSSR count). The van der Waals surface area contributed by atoms with Crippen LogP contribution in [-0.2, 0) is 13.0 Å². The van der Waals surface area contributed by atoms with E-state index in [0.717, 1.165) is 29.8 Å².